The van der Waals surface area contributed by atoms with Crippen molar-refractivity contribution in [2.45, 2.75) is 0 Å². The maximum absolute atomic E-state index is 4.12. The van der Waals surface area contributed by atoms with Crippen molar-refractivity contribution in [3.8, 4) is 0 Å². The van der Waals surface area contributed by atoms with Crippen LogP contribution in [-0.4, -0.2) is 5.90 Å². The Labute approximate surface area is 204 Å². The van der Waals surface area contributed by atoms with Gasteiger partial charge in [0.25, 0.3) is 0 Å². The Kier molecular flexibility index (Phi) is 7.16. The molecule has 0 heterocycles. The summed E-state index contributed by atoms with van der Waals surface area (Å²) in [7, 11) is -2.63. The summed E-state index contributed by atoms with van der Waals surface area (Å²) in [5, 5.41) is 9.70. The van der Waals surface area contributed by atoms with Gasteiger partial charge in [0, 0.05) is 0 Å². The van der Waals surface area contributed by atoms with Gasteiger partial charge in [-0.25, -0.2) is 0 Å². The molecule has 0 aliphatic carbocycles. The molecule has 0 radical (unpaired) electrons. The highest BCUT2D eigenvalue weighted by atomic mass is 31.2. The van der Waals surface area contributed by atoms with E-state index in [2.05, 4.69) is 157 Å². The van der Waals surface area contributed by atoms with E-state index in [9.17, 15) is 0 Å². The van der Waals surface area contributed by atoms with Gasteiger partial charge in [0.05, 0.1) is 5.69 Å². The van der Waals surface area contributed by atoms with Crippen molar-refractivity contribution < 1.29 is 0 Å². The van der Waals surface area contributed by atoms with E-state index in [0.717, 1.165) is 5.90 Å². The number of rotatable bonds is 8. The SMILES string of the molecule is c1ccc(N[P+](CP(c2ccccc2)c2ccccc2)(c2ccccc2)c2ccccc2)cc1. The average molecular weight is 477 g/mol. The van der Waals surface area contributed by atoms with Crippen LogP contribution in [0.5, 0.6) is 0 Å². The minimum absolute atomic E-state index is 0.595. The average Bonchev–Trinajstić information content (AvgIpc) is 2.93. The van der Waals surface area contributed by atoms with Crippen LogP contribution in [0.15, 0.2) is 152 Å². The molecule has 0 spiro atoms. The Morgan fingerprint density at radius 1 is 0.441 bits per heavy atom. The first kappa shape index (κ1) is 22.5. The number of nitrogens with one attached hydrogen (secondary N) is 1. The second-order valence-electron chi connectivity index (χ2n) is 8.20. The molecule has 0 amide bonds. The maximum atomic E-state index is 4.12. The fourth-order valence-corrected chi connectivity index (χ4v) is 12.8. The summed E-state index contributed by atoms with van der Waals surface area (Å²) in [4.78, 5) is 0. The molecule has 0 aliphatic heterocycles. The van der Waals surface area contributed by atoms with E-state index in [1.807, 2.05) is 0 Å². The molecule has 5 rings (SSSR count). The monoisotopic (exact) mass is 476 g/mol. The molecule has 0 aromatic heterocycles. The van der Waals surface area contributed by atoms with Crippen molar-refractivity contribution in [1.82, 2.24) is 0 Å². The molecule has 34 heavy (non-hydrogen) atoms. The van der Waals surface area contributed by atoms with Crippen LogP contribution < -0.4 is 26.3 Å². The molecule has 166 valence electrons. The van der Waals surface area contributed by atoms with Gasteiger partial charge in [-0.05, 0) is 54.9 Å². The first-order valence-electron chi connectivity index (χ1n) is 11.6. The summed E-state index contributed by atoms with van der Waals surface area (Å²) in [6.07, 6.45) is 0. The van der Waals surface area contributed by atoms with Crippen molar-refractivity contribution in [1.29, 1.82) is 0 Å². The molecule has 1 N–H and O–H groups in total. The second-order valence-corrected chi connectivity index (χ2v) is 14.1. The largest absolute Gasteiger partial charge is 0.251 e. The van der Waals surface area contributed by atoms with Gasteiger partial charge >= 0.3 is 0 Å². The van der Waals surface area contributed by atoms with E-state index in [-0.39, 0.29) is 0 Å². The Bertz CT molecular complexity index is 1200. The lowest BCUT2D eigenvalue weighted by Crippen LogP contribution is -2.32. The van der Waals surface area contributed by atoms with Gasteiger partial charge < -0.3 is 0 Å². The third kappa shape index (κ3) is 4.97. The predicted octanol–water partition coefficient (Wildman–Crippen LogP) is 6.77. The standard InChI is InChI=1S/C31H28NP2/c1-6-16-27(17-7-1)32-34(30-22-12-4-13-23-30,31-24-14-5-15-25-31)26-33(28-18-8-2-9-19-28)29-20-10-3-11-21-29/h1-25,32H,26H2/q+1. The van der Waals surface area contributed by atoms with Crippen molar-refractivity contribution >= 4 is 42.2 Å². The third-order valence-corrected chi connectivity index (χ3v) is 13.6. The van der Waals surface area contributed by atoms with Crippen molar-refractivity contribution in [3.63, 3.8) is 0 Å². The van der Waals surface area contributed by atoms with Crippen LogP contribution in [-0.2, 0) is 0 Å². The van der Waals surface area contributed by atoms with Gasteiger partial charge in [0.15, 0.2) is 7.41 Å². The van der Waals surface area contributed by atoms with Crippen LogP contribution in [0.25, 0.3) is 0 Å². The molecule has 5 aromatic rings. The zero-order valence-corrected chi connectivity index (χ0v) is 20.8. The van der Waals surface area contributed by atoms with Gasteiger partial charge in [-0.3, -0.25) is 5.09 Å². The van der Waals surface area contributed by atoms with Crippen LogP contribution in [0.1, 0.15) is 0 Å². The number of hydrogen-bond donors (Lipinski definition) is 1. The molecule has 0 saturated carbocycles. The normalized spacial score (nSPS) is 11.3. The molecule has 0 saturated heterocycles. The first-order chi connectivity index (χ1) is 16.9. The van der Waals surface area contributed by atoms with Crippen molar-refractivity contribution in [2.75, 3.05) is 11.0 Å². The van der Waals surface area contributed by atoms with Gasteiger partial charge in [-0.2, -0.15) is 0 Å². The van der Waals surface area contributed by atoms with Crippen LogP contribution in [0.3, 0.4) is 0 Å². The predicted molar refractivity (Wildman–Crippen MR) is 153 cm³/mol. The minimum Gasteiger partial charge on any atom is -0.251 e. The summed E-state index contributed by atoms with van der Waals surface area (Å²) in [5.41, 5.74) is 1.17. The van der Waals surface area contributed by atoms with E-state index in [0.29, 0.717) is 0 Å². The molecular weight excluding hydrogens is 448 g/mol. The van der Waals surface area contributed by atoms with Crippen LogP contribution in [0.2, 0.25) is 0 Å². The molecular formula is C31H28NP2+. The molecule has 5 aromatic carbocycles. The number of para-hydroxylation sites is 1. The van der Waals surface area contributed by atoms with E-state index >= 15 is 0 Å². The molecule has 0 unspecified atom stereocenters. The quantitative estimate of drug-likeness (QED) is 0.244. The summed E-state index contributed by atoms with van der Waals surface area (Å²) in [6, 6.07) is 54.9. The lowest BCUT2D eigenvalue weighted by atomic mass is 10.3. The summed E-state index contributed by atoms with van der Waals surface area (Å²) < 4.78 is 0. The van der Waals surface area contributed by atoms with Crippen molar-refractivity contribution in [3.05, 3.63) is 152 Å². The third-order valence-electron chi connectivity index (χ3n) is 5.98. The molecule has 0 aliphatic rings. The van der Waals surface area contributed by atoms with E-state index < -0.39 is 15.3 Å². The van der Waals surface area contributed by atoms with Crippen LogP contribution in [0, 0.1) is 0 Å². The maximum Gasteiger partial charge on any atom is 0.171 e. The second kappa shape index (κ2) is 10.8. The lowest BCUT2D eigenvalue weighted by molar-refractivity contribution is 1.64. The summed E-state index contributed by atoms with van der Waals surface area (Å²) in [5.74, 6) is 1.04. The Balaban J connectivity index is 1.72. The van der Waals surface area contributed by atoms with E-state index in [4.69, 9.17) is 0 Å². The molecule has 0 bridgehead atoms. The minimum atomic E-state index is -2.03. The highest BCUT2D eigenvalue weighted by Crippen LogP contribution is 2.63. The molecule has 0 fully saturated rings. The first-order valence-corrected chi connectivity index (χ1v) is 15.1. The van der Waals surface area contributed by atoms with E-state index in [1.165, 1.54) is 26.9 Å². The van der Waals surface area contributed by atoms with Gasteiger partial charge in [0.1, 0.15) is 16.5 Å². The number of benzene rings is 5. The van der Waals surface area contributed by atoms with Crippen molar-refractivity contribution in [2.24, 2.45) is 0 Å². The number of anilines is 1. The zero-order valence-electron chi connectivity index (χ0n) is 19.0. The Morgan fingerprint density at radius 2 is 0.794 bits per heavy atom. The molecule has 3 heteroatoms. The number of hydrogen-bond acceptors (Lipinski definition) is 1. The Morgan fingerprint density at radius 3 is 1.21 bits per heavy atom. The topological polar surface area (TPSA) is 12.0 Å². The van der Waals surface area contributed by atoms with Gasteiger partial charge in [-0.15, -0.1) is 0 Å². The zero-order chi connectivity index (χ0) is 23.1. The summed E-state index contributed by atoms with van der Waals surface area (Å²) in [6.45, 7) is 0. The van der Waals surface area contributed by atoms with Crippen LogP contribution in [0.4, 0.5) is 5.69 Å². The molecule has 0 atom stereocenters. The fraction of sp³-hybridized carbons (Fsp3) is 0.0323. The Hall–Kier alpha value is -3.24. The van der Waals surface area contributed by atoms with E-state index in [1.54, 1.807) is 0 Å². The van der Waals surface area contributed by atoms with Gasteiger partial charge in [0.2, 0.25) is 0 Å². The molecule has 1 nitrogen and oxygen atoms in total. The highest BCUT2D eigenvalue weighted by molar-refractivity contribution is 7.99. The van der Waals surface area contributed by atoms with Gasteiger partial charge in [-0.1, -0.05) is 115 Å². The smallest absolute Gasteiger partial charge is 0.171 e. The van der Waals surface area contributed by atoms with Crippen LogP contribution >= 0.6 is 15.3 Å². The fourth-order valence-electron chi connectivity index (χ4n) is 4.32. The summed E-state index contributed by atoms with van der Waals surface area (Å²) >= 11 is 0. The lowest BCUT2D eigenvalue weighted by Gasteiger charge is -2.32. The highest BCUT2D eigenvalue weighted by Gasteiger charge is 2.46.